The number of benzene rings is 7. The van der Waals surface area contributed by atoms with Gasteiger partial charge in [0.25, 0.3) is 0 Å². The molecule has 0 spiro atoms. The third kappa shape index (κ3) is 5.59. The van der Waals surface area contributed by atoms with Crippen molar-refractivity contribution < 1.29 is 36.4 Å². The minimum Gasteiger partial charge on any atom is -0.168 e. The average molecular weight is 645 g/mol. The second-order valence-corrected chi connectivity index (χ2v) is 11.2. The predicted octanol–water partition coefficient (Wildman–Crippen LogP) is 7.21. The molecule has 0 radical (unpaired) electrons. The third-order valence-corrected chi connectivity index (χ3v) is 8.87. The van der Waals surface area contributed by atoms with E-state index in [0.29, 0.717) is 0 Å². The topological polar surface area (TPSA) is 0 Å². The Morgan fingerprint density at radius 2 is 0.628 bits per heavy atom. The van der Waals surface area contributed by atoms with E-state index in [0.717, 1.165) is 0 Å². The number of hydrogen-bond acceptors (Lipinski definition) is 0. The molecule has 204 valence electrons. The Morgan fingerprint density at radius 3 is 0.953 bits per heavy atom. The van der Waals surface area contributed by atoms with Crippen molar-refractivity contribution in [3.05, 3.63) is 164 Å². The molecule has 43 heavy (non-hydrogen) atoms. The van der Waals surface area contributed by atoms with Crippen LogP contribution in [0.2, 0.25) is 0 Å². The van der Waals surface area contributed by atoms with E-state index in [1.807, 2.05) is 6.07 Å². The average Bonchev–Trinajstić information content (AvgIpc) is 3.78. The van der Waals surface area contributed by atoms with E-state index in [-0.39, 0.29) is 12.4 Å². The van der Waals surface area contributed by atoms with Crippen LogP contribution >= 0.6 is 0 Å². The standard InChI is InChI=1S/2C17H11.C6H5B.ClH.Zr/c2*1-3-8-14-12(6-1)13-7-2-4-9-15(13)17-11-5-10-16(14)17;7-6-4-2-1-3-5-6;;/h2*1-11H;1-5H;1H;/q2*-1;;;/p-1. The van der Waals surface area contributed by atoms with E-state index in [2.05, 4.69) is 162 Å². The van der Waals surface area contributed by atoms with Gasteiger partial charge in [0.05, 0.1) is 0 Å². The van der Waals surface area contributed by atoms with Gasteiger partial charge in [0, 0.05) is 0 Å². The van der Waals surface area contributed by atoms with Crippen molar-refractivity contribution in [1.29, 1.82) is 0 Å². The van der Waals surface area contributed by atoms with Crippen LogP contribution in [0.4, 0.5) is 0 Å². The van der Waals surface area contributed by atoms with Gasteiger partial charge in [0.15, 0.2) is 0 Å². The molecule has 0 nitrogen and oxygen atoms in total. The van der Waals surface area contributed by atoms with Gasteiger partial charge in [-0.05, 0) is 10.8 Å². The van der Waals surface area contributed by atoms with Crippen LogP contribution in [0.3, 0.4) is 0 Å². The van der Waals surface area contributed by atoms with E-state index in [1.165, 1.54) is 94.1 Å². The summed E-state index contributed by atoms with van der Waals surface area (Å²) in [4.78, 5) is 0. The molecule has 0 atom stereocenters. The van der Waals surface area contributed by atoms with Crippen LogP contribution in [0.1, 0.15) is 0 Å². The summed E-state index contributed by atoms with van der Waals surface area (Å²) in [5.74, 6) is 0. The second kappa shape index (κ2) is 13.1. The molecular formula is C40H27BClZr-3. The van der Waals surface area contributed by atoms with Crippen LogP contribution in [0.25, 0.3) is 64.6 Å². The van der Waals surface area contributed by atoms with Crippen molar-refractivity contribution in [3.63, 3.8) is 0 Å². The fraction of sp³-hybridized carbons (Fsp3) is 0. The van der Waals surface area contributed by atoms with E-state index < -0.39 is 0 Å². The van der Waals surface area contributed by atoms with Crippen LogP contribution in [0.15, 0.2) is 164 Å². The van der Waals surface area contributed by atoms with Gasteiger partial charge in [-0.15, -0.1) is 33.7 Å². The molecule has 9 rings (SSSR count). The molecular weight excluding hydrogens is 618 g/mol. The summed E-state index contributed by atoms with van der Waals surface area (Å²) < 4.78 is 2.17. The SMILES string of the molecule is [Cl-].[Zr]=[B]c1ccccc1.c1ccc2c(c1)c1ccccc1c1[cH-]ccc21.c1ccc2c(c1)c1ccccc1c1[cH-]ccc21. The van der Waals surface area contributed by atoms with Gasteiger partial charge < -0.3 is 12.4 Å². The Bertz CT molecular complexity index is 2040. The summed E-state index contributed by atoms with van der Waals surface area (Å²) in [6.45, 7) is 0. The summed E-state index contributed by atoms with van der Waals surface area (Å²) >= 11 is 1.46. The molecule has 0 fully saturated rings. The van der Waals surface area contributed by atoms with Crippen LogP contribution in [-0.4, -0.2) is 4.37 Å². The van der Waals surface area contributed by atoms with E-state index in [1.54, 1.807) is 0 Å². The molecule has 0 unspecified atom stereocenters. The molecule has 0 N–H and O–H groups in total. The van der Waals surface area contributed by atoms with E-state index in [4.69, 9.17) is 0 Å². The first kappa shape index (κ1) is 29.1. The molecule has 0 heterocycles. The zero-order valence-electron chi connectivity index (χ0n) is 23.5. The second-order valence-electron chi connectivity index (χ2n) is 10.4. The first-order valence-electron chi connectivity index (χ1n) is 14.3. The molecule has 0 aliphatic carbocycles. The maximum atomic E-state index is 2.21. The van der Waals surface area contributed by atoms with Gasteiger partial charge in [-0.3, -0.25) is 0 Å². The zero-order valence-corrected chi connectivity index (χ0v) is 26.8. The van der Waals surface area contributed by atoms with Gasteiger partial charge in [-0.1, -0.05) is 129 Å². The van der Waals surface area contributed by atoms with Crippen LogP contribution in [0, 0.1) is 0 Å². The number of halogens is 1. The predicted molar refractivity (Wildman–Crippen MR) is 181 cm³/mol. The Kier molecular flexibility index (Phi) is 8.89. The largest absolute Gasteiger partial charge is 0.168 e. The fourth-order valence-electron chi connectivity index (χ4n) is 6.14. The molecule has 0 amide bonds. The Morgan fingerprint density at radius 1 is 0.349 bits per heavy atom. The number of fused-ring (bicyclic) bond motifs is 12. The van der Waals surface area contributed by atoms with E-state index >= 15 is 0 Å². The van der Waals surface area contributed by atoms with Crippen molar-refractivity contribution in [2.45, 2.75) is 0 Å². The smallest absolute Gasteiger partial charge is 0.0293 e. The fourth-order valence-corrected chi connectivity index (χ4v) is 6.61. The minimum absolute atomic E-state index is 0. The van der Waals surface area contributed by atoms with Gasteiger partial charge in [-0.25, -0.2) is 0 Å². The first-order valence-corrected chi connectivity index (χ1v) is 15.7. The van der Waals surface area contributed by atoms with Crippen molar-refractivity contribution in [2.24, 2.45) is 0 Å². The van der Waals surface area contributed by atoms with Crippen LogP contribution < -0.4 is 17.9 Å². The van der Waals surface area contributed by atoms with Gasteiger partial charge in [-0.2, -0.15) is 24.3 Å². The minimum atomic E-state index is 0. The van der Waals surface area contributed by atoms with E-state index in [9.17, 15) is 0 Å². The van der Waals surface area contributed by atoms with Crippen molar-refractivity contribution >= 4 is 74.5 Å². The van der Waals surface area contributed by atoms with Crippen molar-refractivity contribution in [2.75, 3.05) is 0 Å². The number of rotatable bonds is 1. The molecule has 0 saturated heterocycles. The third-order valence-electron chi connectivity index (χ3n) is 8.05. The van der Waals surface area contributed by atoms with Crippen LogP contribution in [-0.2, 0) is 24.0 Å². The maximum absolute atomic E-state index is 2.21. The van der Waals surface area contributed by atoms with Crippen molar-refractivity contribution in [1.82, 2.24) is 0 Å². The summed E-state index contributed by atoms with van der Waals surface area (Å²) in [6.07, 6.45) is 0. The molecule has 0 aliphatic heterocycles. The van der Waals surface area contributed by atoms with Crippen molar-refractivity contribution in [3.8, 4) is 0 Å². The molecule has 9 aromatic rings. The Balaban J connectivity index is 0.000000121. The zero-order chi connectivity index (χ0) is 28.3. The molecule has 3 heteroatoms. The molecule has 9 aromatic carbocycles. The summed E-state index contributed by atoms with van der Waals surface area (Å²) in [5.41, 5.74) is 1.32. The normalized spacial score (nSPS) is 10.6. The maximum Gasteiger partial charge on any atom is -0.0293 e. The number of hydrogen-bond donors (Lipinski definition) is 0. The van der Waals surface area contributed by atoms with Gasteiger partial charge in [0.2, 0.25) is 0 Å². The monoisotopic (exact) mass is 643 g/mol. The quantitative estimate of drug-likeness (QED) is 0.101. The molecule has 0 bridgehead atoms. The molecule has 0 saturated carbocycles. The van der Waals surface area contributed by atoms with Gasteiger partial charge >= 0.3 is 64.2 Å². The Hall–Kier alpha value is -3.96. The summed E-state index contributed by atoms with van der Waals surface area (Å²) in [7, 11) is 0. The van der Waals surface area contributed by atoms with Crippen LogP contribution in [0.5, 0.6) is 0 Å². The molecule has 0 aliphatic rings. The van der Waals surface area contributed by atoms with Gasteiger partial charge in [0.1, 0.15) is 0 Å². The molecule has 0 aromatic heterocycles. The first-order chi connectivity index (χ1) is 20.8. The Labute approximate surface area is 272 Å². The summed E-state index contributed by atoms with van der Waals surface area (Å²) in [5, 5.41) is 16.2. The summed E-state index contributed by atoms with van der Waals surface area (Å²) in [6, 6.07) is 58.1.